The van der Waals surface area contributed by atoms with Crippen LogP contribution in [0.2, 0.25) is 5.15 Å². The summed E-state index contributed by atoms with van der Waals surface area (Å²) in [4.78, 5) is 8.70. The van der Waals surface area contributed by atoms with Gasteiger partial charge >= 0.3 is 0 Å². The molecule has 0 amide bonds. The monoisotopic (exact) mass is 412 g/mol. The van der Waals surface area contributed by atoms with Gasteiger partial charge in [-0.2, -0.15) is 0 Å². The summed E-state index contributed by atoms with van der Waals surface area (Å²) in [5, 5.41) is 0.373. The molecule has 20 heavy (non-hydrogen) atoms. The number of hydrogen-bond acceptors (Lipinski definition) is 3. The minimum Gasteiger partial charge on any atom is -0.445 e. The zero-order valence-corrected chi connectivity index (χ0v) is 13.9. The van der Waals surface area contributed by atoms with Gasteiger partial charge in [0.2, 0.25) is 0 Å². The van der Waals surface area contributed by atoms with Crippen LogP contribution in [0.5, 0.6) is 0 Å². The molecule has 2 aromatic heterocycles. The Morgan fingerprint density at radius 3 is 2.40 bits per heavy atom. The molecule has 3 aromatic rings. The van der Waals surface area contributed by atoms with Crippen LogP contribution in [0.25, 0.3) is 22.8 Å². The van der Waals surface area contributed by atoms with Gasteiger partial charge in [-0.05, 0) is 31.9 Å². The summed E-state index contributed by atoms with van der Waals surface area (Å²) in [6.45, 7) is 0. The molecule has 100 valence electrons. The molecule has 0 radical (unpaired) electrons. The van der Waals surface area contributed by atoms with Gasteiger partial charge in [0.15, 0.2) is 16.3 Å². The number of nitrogens with zero attached hydrogens (tertiary/aromatic N) is 2. The Labute approximate surface area is 137 Å². The standard InChI is InChI=1S/C14H7Br2ClN2O/c15-9-6-11(20-13(9)16)14-18-10(7-12(17)19-14)8-4-2-1-3-5-8/h1-7H. The predicted octanol–water partition coefficient (Wildman–Crippen LogP) is 5.58. The minimum atomic E-state index is 0.373. The predicted molar refractivity (Wildman–Crippen MR) is 85.6 cm³/mol. The van der Waals surface area contributed by atoms with Crippen LogP contribution in [0, 0.1) is 0 Å². The van der Waals surface area contributed by atoms with E-state index in [1.54, 1.807) is 12.1 Å². The highest BCUT2D eigenvalue weighted by Crippen LogP contribution is 2.32. The zero-order valence-electron chi connectivity index (χ0n) is 9.98. The molecule has 6 heteroatoms. The van der Waals surface area contributed by atoms with Crippen LogP contribution in [0.15, 0.2) is 56.0 Å². The summed E-state index contributed by atoms with van der Waals surface area (Å²) in [6.07, 6.45) is 0. The summed E-state index contributed by atoms with van der Waals surface area (Å²) in [6, 6.07) is 13.3. The summed E-state index contributed by atoms with van der Waals surface area (Å²) < 4.78 is 6.93. The lowest BCUT2D eigenvalue weighted by atomic mass is 10.1. The zero-order chi connectivity index (χ0) is 14.1. The molecule has 0 atom stereocenters. The number of rotatable bonds is 2. The van der Waals surface area contributed by atoms with Gasteiger partial charge in [-0.1, -0.05) is 41.9 Å². The smallest absolute Gasteiger partial charge is 0.197 e. The number of hydrogen-bond donors (Lipinski definition) is 0. The SMILES string of the molecule is Clc1cc(-c2ccccc2)nc(-c2cc(Br)c(Br)o2)n1. The van der Waals surface area contributed by atoms with E-state index in [0.717, 1.165) is 15.7 Å². The third-order valence-electron chi connectivity index (χ3n) is 2.63. The lowest BCUT2D eigenvalue weighted by molar-refractivity contribution is 0.549. The molecule has 3 rings (SSSR count). The molecule has 0 spiro atoms. The van der Waals surface area contributed by atoms with Crippen LogP contribution >= 0.6 is 43.5 Å². The molecule has 2 heterocycles. The van der Waals surface area contributed by atoms with Crippen molar-refractivity contribution in [3.8, 4) is 22.8 Å². The van der Waals surface area contributed by atoms with Crippen molar-refractivity contribution in [2.45, 2.75) is 0 Å². The fraction of sp³-hybridized carbons (Fsp3) is 0. The van der Waals surface area contributed by atoms with Crippen LogP contribution in [0.3, 0.4) is 0 Å². The Morgan fingerprint density at radius 2 is 1.75 bits per heavy atom. The van der Waals surface area contributed by atoms with Crippen LogP contribution < -0.4 is 0 Å². The Kier molecular flexibility index (Phi) is 3.92. The normalized spacial score (nSPS) is 10.8. The first-order chi connectivity index (χ1) is 9.63. The van der Waals surface area contributed by atoms with Gasteiger partial charge in [0.1, 0.15) is 5.15 Å². The Morgan fingerprint density at radius 1 is 1.00 bits per heavy atom. The summed E-state index contributed by atoms with van der Waals surface area (Å²) >= 11 is 12.7. The first kappa shape index (κ1) is 13.8. The summed E-state index contributed by atoms with van der Waals surface area (Å²) in [5.41, 5.74) is 1.73. The van der Waals surface area contributed by atoms with Crippen molar-refractivity contribution in [3.63, 3.8) is 0 Å². The molecule has 0 N–H and O–H groups in total. The van der Waals surface area contributed by atoms with Gasteiger partial charge in [-0.25, -0.2) is 9.97 Å². The first-order valence-electron chi connectivity index (χ1n) is 5.69. The van der Waals surface area contributed by atoms with Gasteiger partial charge in [-0.15, -0.1) is 0 Å². The molecule has 3 nitrogen and oxygen atoms in total. The fourth-order valence-corrected chi connectivity index (χ4v) is 2.50. The number of benzene rings is 1. The van der Waals surface area contributed by atoms with Crippen molar-refractivity contribution in [1.82, 2.24) is 9.97 Å². The Bertz CT molecular complexity index is 740. The lowest BCUT2D eigenvalue weighted by Gasteiger charge is -2.03. The van der Waals surface area contributed by atoms with Crippen molar-refractivity contribution in [3.05, 3.63) is 56.8 Å². The van der Waals surface area contributed by atoms with Gasteiger partial charge < -0.3 is 4.42 Å². The van der Waals surface area contributed by atoms with E-state index < -0.39 is 0 Å². The average molecular weight is 414 g/mol. The molecule has 0 aliphatic heterocycles. The van der Waals surface area contributed by atoms with Crippen LogP contribution in [0.4, 0.5) is 0 Å². The van der Waals surface area contributed by atoms with Gasteiger partial charge in [-0.3, -0.25) is 0 Å². The summed E-state index contributed by atoms with van der Waals surface area (Å²) in [5.74, 6) is 0.992. The lowest BCUT2D eigenvalue weighted by Crippen LogP contribution is -1.91. The molecular weight excluding hydrogens is 407 g/mol. The van der Waals surface area contributed by atoms with Crippen molar-refractivity contribution in [2.24, 2.45) is 0 Å². The van der Waals surface area contributed by atoms with Crippen molar-refractivity contribution in [2.75, 3.05) is 0 Å². The van der Waals surface area contributed by atoms with E-state index in [1.807, 2.05) is 30.3 Å². The minimum absolute atomic E-state index is 0.373. The van der Waals surface area contributed by atoms with Crippen LogP contribution in [-0.4, -0.2) is 9.97 Å². The van der Waals surface area contributed by atoms with E-state index in [0.29, 0.717) is 21.4 Å². The first-order valence-corrected chi connectivity index (χ1v) is 7.65. The van der Waals surface area contributed by atoms with Crippen LogP contribution in [-0.2, 0) is 0 Å². The van der Waals surface area contributed by atoms with E-state index in [4.69, 9.17) is 16.0 Å². The number of furan rings is 1. The fourth-order valence-electron chi connectivity index (χ4n) is 1.74. The van der Waals surface area contributed by atoms with Crippen molar-refractivity contribution in [1.29, 1.82) is 0 Å². The second kappa shape index (κ2) is 5.68. The van der Waals surface area contributed by atoms with E-state index in [1.165, 1.54) is 0 Å². The quantitative estimate of drug-likeness (QED) is 0.514. The second-order valence-corrected chi connectivity index (χ2v) is 5.96. The van der Waals surface area contributed by atoms with Crippen molar-refractivity contribution < 1.29 is 4.42 Å². The third kappa shape index (κ3) is 2.80. The average Bonchev–Trinajstić information content (AvgIpc) is 2.79. The molecule has 0 unspecified atom stereocenters. The van der Waals surface area contributed by atoms with E-state index in [2.05, 4.69) is 41.8 Å². The van der Waals surface area contributed by atoms with Gasteiger partial charge in [0.25, 0.3) is 0 Å². The molecule has 0 saturated heterocycles. The van der Waals surface area contributed by atoms with Crippen LogP contribution in [0.1, 0.15) is 0 Å². The molecule has 0 bridgehead atoms. The molecule has 0 aliphatic rings. The topological polar surface area (TPSA) is 38.9 Å². The highest BCUT2D eigenvalue weighted by Gasteiger charge is 2.13. The number of halogens is 3. The highest BCUT2D eigenvalue weighted by atomic mass is 79.9. The van der Waals surface area contributed by atoms with E-state index in [9.17, 15) is 0 Å². The Balaban J connectivity index is 2.12. The number of aromatic nitrogens is 2. The Hall–Kier alpha value is -1.17. The maximum atomic E-state index is 6.08. The second-order valence-electron chi connectivity index (χ2n) is 4.00. The largest absolute Gasteiger partial charge is 0.445 e. The van der Waals surface area contributed by atoms with Gasteiger partial charge in [0, 0.05) is 17.7 Å². The third-order valence-corrected chi connectivity index (χ3v) is 4.53. The summed E-state index contributed by atoms with van der Waals surface area (Å²) in [7, 11) is 0. The highest BCUT2D eigenvalue weighted by molar-refractivity contribution is 9.13. The van der Waals surface area contributed by atoms with Crippen molar-refractivity contribution >= 4 is 43.5 Å². The molecular formula is C14H7Br2ClN2O. The molecule has 0 aliphatic carbocycles. The molecule has 0 fully saturated rings. The van der Waals surface area contributed by atoms with E-state index in [-0.39, 0.29) is 0 Å². The maximum Gasteiger partial charge on any atom is 0.197 e. The molecule has 1 aromatic carbocycles. The molecule has 0 saturated carbocycles. The van der Waals surface area contributed by atoms with Gasteiger partial charge in [0.05, 0.1) is 10.2 Å². The van der Waals surface area contributed by atoms with E-state index >= 15 is 0 Å². The maximum absolute atomic E-state index is 6.08.